The summed E-state index contributed by atoms with van der Waals surface area (Å²) in [7, 11) is -4.09. The van der Waals surface area contributed by atoms with Crippen LogP contribution in [-0.2, 0) is 10.0 Å². The molecule has 0 unspecified atom stereocenters. The Balaban J connectivity index is 1.56. The van der Waals surface area contributed by atoms with E-state index in [-0.39, 0.29) is 32.7 Å². The minimum atomic E-state index is -4.09. The van der Waals surface area contributed by atoms with Gasteiger partial charge in [0.05, 0.1) is 21.2 Å². The SMILES string of the molecule is O=C(Nc1ncc(Br)cc1O)c1cc(Cl)ccc1NS(=O)(=O)c1ccc(Oc2ccccc2Cl)cc1. The normalized spacial score (nSPS) is 11.1. The maximum atomic E-state index is 13.0. The molecule has 0 aliphatic carbocycles. The molecular formula is C24H16BrCl2N3O5S. The van der Waals surface area contributed by atoms with Crippen LogP contribution in [0.4, 0.5) is 11.5 Å². The Labute approximate surface area is 225 Å². The number of rotatable bonds is 7. The van der Waals surface area contributed by atoms with Crippen molar-refractivity contribution in [3.63, 3.8) is 0 Å². The van der Waals surface area contributed by atoms with E-state index in [4.69, 9.17) is 27.9 Å². The molecule has 4 aromatic rings. The van der Waals surface area contributed by atoms with Crippen LogP contribution in [0.15, 0.2) is 88.4 Å². The number of sulfonamides is 1. The molecule has 1 aromatic heterocycles. The van der Waals surface area contributed by atoms with Crippen molar-refractivity contribution >= 4 is 66.6 Å². The number of hydrogen-bond acceptors (Lipinski definition) is 6. The largest absolute Gasteiger partial charge is 0.504 e. The van der Waals surface area contributed by atoms with Gasteiger partial charge in [-0.3, -0.25) is 9.52 Å². The zero-order valence-electron chi connectivity index (χ0n) is 18.1. The third kappa shape index (κ3) is 6.08. The van der Waals surface area contributed by atoms with E-state index in [0.717, 1.165) is 0 Å². The number of carbonyl (C=O) groups excluding carboxylic acids is 1. The van der Waals surface area contributed by atoms with Gasteiger partial charge < -0.3 is 15.2 Å². The first-order valence-corrected chi connectivity index (χ1v) is 13.2. The minimum Gasteiger partial charge on any atom is -0.504 e. The summed E-state index contributed by atoms with van der Waals surface area (Å²) in [4.78, 5) is 16.8. The lowest BCUT2D eigenvalue weighted by molar-refractivity contribution is 0.102. The first kappa shape index (κ1) is 25.8. The number of para-hydroxylation sites is 1. The van der Waals surface area contributed by atoms with Gasteiger partial charge in [0.25, 0.3) is 15.9 Å². The Bertz CT molecular complexity index is 1550. The summed E-state index contributed by atoms with van der Waals surface area (Å²) >= 11 is 15.3. The molecule has 0 saturated carbocycles. The topological polar surface area (TPSA) is 118 Å². The molecule has 4 rings (SSSR count). The highest BCUT2D eigenvalue weighted by Gasteiger charge is 2.21. The third-order valence-electron chi connectivity index (χ3n) is 4.74. The van der Waals surface area contributed by atoms with Crippen molar-refractivity contribution in [1.82, 2.24) is 4.98 Å². The maximum absolute atomic E-state index is 13.0. The molecule has 0 bridgehead atoms. The summed E-state index contributed by atoms with van der Waals surface area (Å²) in [5, 5.41) is 13.1. The fourth-order valence-electron chi connectivity index (χ4n) is 3.04. The smallest absolute Gasteiger partial charge is 0.261 e. The average molecular weight is 609 g/mol. The molecule has 3 N–H and O–H groups in total. The van der Waals surface area contributed by atoms with E-state index in [1.807, 2.05) is 0 Å². The van der Waals surface area contributed by atoms with E-state index in [1.54, 1.807) is 24.3 Å². The van der Waals surface area contributed by atoms with Gasteiger partial charge in [-0.05, 0) is 76.6 Å². The highest BCUT2D eigenvalue weighted by atomic mass is 79.9. The Kier molecular flexibility index (Phi) is 7.70. The van der Waals surface area contributed by atoms with Crippen molar-refractivity contribution in [2.24, 2.45) is 0 Å². The zero-order valence-corrected chi connectivity index (χ0v) is 22.0. The van der Waals surface area contributed by atoms with Gasteiger partial charge in [-0.25, -0.2) is 13.4 Å². The number of nitrogens with one attached hydrogen (secondary N) is 2. The lowest BCUT2D eigenvalue weighted by Gasteiger charge is -2.14. The quantitative estimate of drug-likeness (QED) is 0.215. The number of carbonyl (C=O) groups is 1. The van der Waals surface area contributed by atoms with Crippen LogP contribution in [0.1, 0.15) is 10.4 Å². The van der Waals surface area contributed by atoms with Crippen LogP contribution in [0.2, 0.25) is 10.0 Å². The second-order valence-electron chi connectivity index (χ2n) is 7.27. The number of pyridine rings is 1. The molecule has 0 saturated heterocycles. The number of aromatic nitrogens is 1. The summed E-state index contributed by atoms with van der Waals surface area (Å²) in [6.45, 7) is 0. The molecular weight excluding hydrogens is 593 g/mol. The van der Waals surface area contributed by atoms with Gasteiger partial charge in [0.1, 0.15) is 11.5 Å². The Morgan fingerprint density at radius 3 is 2.42 bits per heavy atom. The Morgan fingerprint density at radius 1 is 1.00 bits per heavy atom. The van der Waals surface area contributed by atoms with Gasteiger partial charge in [0.2, 0.25) is 0 Å². The molecule has 0 spiro atoms. The van der Waals surface area contributed by atoms with Crippen LogP contribution < -0.4 is 14.8 Å². The van der Waals surface area contributed by atoms with Crippen molar-refractivity contribution in [2.45, 2.75) is 4.90 Å². The second kappa shape index (κ2) is 10.8. The fourth-order valence-corrected chi connectivity index (χ4v) is 4.78. The highest BCUT2D eigenvalue weighted by Crippen LogP contribution is 2.31. The third-order valence-corrected chi connectivity index (χ3v) is 7.10. The van der Waals surface area contributed by atoms with Crippen molar-refractivity contribution in [3.05, 3.63) is 99.1 Å². The average Bonchev–Trinajstić information content (AvgIpc) is 2.83. The first-order valence-electron chi connectivity index (χ1n) is 10.1. The number of benzene rings is 3. The molecule has 0 atom stereocenters. The van der Waals surface area contributed by atoms with E-state index in [0.29, 0.717) is 21.0 Å². The van der Waals surface area contributed by atoms with Crippen molar-refractivity contribution < 1.29 is 23.1 Å². The Morgan fingerprint density at radius 2 is 1.72 bits per heavy atom. The van der Waals surface area contributed by atoms with E-state index < -0.39 is 15.9 Å². The molecule has 184 valence electrons. The molecule has 0 fully saturated rings. The summed E-state index contributed by atoms with van der Waals surface area (Å²) in [5.74, 6) is -0.303. The predicted octanol–water partition coefficient (Wildman–Crippen LogP) is 6.70. The number of hydrogen-bond donors (Lipinski definition) is 3. The summed E-state index contributed by atoms with van der Waals surface area (Å²) < 4.78 is 34.7. The highest BCUT2D eigenvalue weighted by molar-refractivity contribution is 9.10. The van der Waals surface area contributed by atoms with Crippen molar-refractivity contribution in [1.29, 1.82) is 0 Å². The Hall–Kier alpha value is -3.31. The van der Waals surface area contributed by atoms with Gasteiger partial charge in [0, 0.05) is 15.7 Å². The molecule has 8 nitrogen and oxygen atoms in total. The van der Waals surface area contributed by atoms with Gasteiger partial charge in [-0.1, -0.05) is 35.3 Å². The van der Waals surface area contributed by atoms with Crippen molar-refractivity contribution in [3.8, 4) is 17.2 Å². The molecule has 0 aliphatic heterocycles. The standard InChI is InChI=1S/C24H16BrCl2N3O5S/c25-14-11-21(31)23(28-13-14)29-24(32)18-12-15(26)5-10-20(18)30-36(33,34)17-8-6-16(7-9-17)35-22-4-2-1-3-19(22)27/h1-13,30-31H,(H,28,29,32). The molecule has 1 heterocycles. The van der Waals surface area contributed by atoms with E-state index >= 15 is 0 Å². The summed E-state index contributed by atoms with van der Waals surface area (Å²) in [6, 6.07) is 18.0. The summed E-state index contributed by atoms with van der Waals surface area (Å²) in [5.41, 5.74) is -0.0984. The number of anilines is 2. The number of amides is 1. The van der Waals surface area contributed by atoms with E-state index in [2.05, 4.69) is 31.0 Å². The minimum absolute atomic E-state index is 0.0232. The van der Waals surface area contributed by atoms with Crippen LogP contribution >= 0.6 is 39.1 Å². The van der Waals surface area contributed by atoms with Gasteiger partial charge in [-0.2, -0.15) is 0 Å². The predicted molar refractivity (Wildman–Crippen MR) is 142 cm³/mol. The molecule has 12 heteroatoms. The van der Waals surface area contributed by atoms with Gasteiger partial charge in [-0.15, -0.1) is 0 Å². The maximum Gasteiger partial charge on any atom is 0.261 e. The van der Waals surface area contributed by atoms with Crippen LogP contribution in [0.25, 0.3) is 0 Å². The molecule has 0 radical (unpaired) electrons. The lowest BCUT2D eigenvalue weighted by atomic mass is 10.1. The van der Waals surface area contributed by atoms with Crippen LogP contribution in [-0.4, -0.2) is 24.4 Å². The summed E-state index contributed by atoms with van der Waals surface area (Å²) in [6.07, 6.45) is 1.38. The lowest BCUT2D eigenvalue weighted by Crippen LogP contribution is -2.19. The number of ether oxygens (including phenoxy) is 1. The monoisotopic (exact) mass is 607 g/mol. The number of halogens is 3. The van der Waals surface area contributed by atoms with Crippen LogP contribution in [0, 0.1) is 0 Å². The molecule has 36 heavy (non-hydrogen) atoms. The molecule has 1 amide bonds. The van der Waals surface area contributed by atoms with E-state index in [9.17, 15) is 18.3 Å². The second-order valence-corrected chi connectivity index (χ2v) is 10.7. The van der Waals surface area contributed by atoms with Gasteiger partial charge >= 0.3 is 0 Å². The fraction of sp³-hybridized carbons (Fsp3) is 0. The van der Waals surface area contributed by atoms with E-state index in [1.165, 1.54) is 54.7 Å². The zero-order chi connectivity index (χ0) is 25.9. The van der Waals surface area contributed by atoms with Gasteiger partial charge in [0.15, 0.2) is 11.6 Å². The first-order chi connectivity index (χ1) is 17.1. The molecule has 0 aliphatic rings. The number of nitrogens with zero attached hydrogens (tertiary/aromatic N) is 1. The van der Waals surface area contributed by atoms with Crippen molar-refractivity contribution in [2.75, 3.05) is 10.0 Å². The van der Waals surface area contributed by atoms with Crippen LogP contribution in [0.3, 0.4) is 0 Å². The van der Waals surface area contributed by atoms with Crippen LogP contribution in [0.5, 0.6) is 17.2 Å². The molecule has 3 aromatic carbocycles. The number of aromatic hydroxyl groups is 1.